The van der Waals surface area contributed by atoms with Crippen LogP contribution in [0.3, 0.4) is 0 Å². The molecule has 6 rings (SSSR count). The average molecular weight is 437 g/mol. The summed E-state index contributed by atoms with van der Waals surface area (Å²) in [7, 11) is 0. The topological polar surface area (TPSA) is 94.5 Å². The Kier molecular flexibility index (Phi) is 5.33. The van der Waals surface area contributed by atoms with E-state index < -0.39 is 0 Å². The lowest BCUT2D eigenvalue weighted by molar-refractivity contribution is -0.115. The van der Waals surface area contributed by atoms with Crippen molar-refractivity contribution in [1.29, 1.82) is 0 Å². The number of carbonyl (C=O) groups excluding carboxylic acids is 1. The zero-order valence-corrected chi connectivity index (χ0v) is 18.1. The number of amides is 1. The summed E-state index contributed by atoms with van der Waals surface area (Å²) in [5.41, 5.74) is 6.06. The molecule has 2 aliphatic rings. The van der Waals surface area contributed by atoms with Crippen molar-refractivity contribution in [2.24, 2.45) is 11.7 Å². The summed E-state index contributed by atoms with van der Waals surface area (Å²) in [6.45, 7) is 3.44. The fraction of sp³-hybridized carbons (Fsp3) is 0.348. The van der Waals surface area contributed by atoms with E-state index in [0.29, 0.717) is 5.19 Å². The van der Waals surface area contributed by atoms with Gasteiger partial charge in [-0.1, -0.05) is 11.3 Å². The number of carbonyl (C=O) groups is 1. The Hall–Kier alpha value is -2.97. The highest BCUT2D eigenvalue weighted by Gasteiger charge is 2.37. The first kappa shape index (κ1) is 20.0. The second-order valence-corrected chi connectivity index (χ2v) is 9.19. The molecule has 4 aromatic rings. The molecule has 2 atom stereocenters. The minimum atomic E-state index is -0.333. The van der Waals surface area contributed by atoms with Gasteiger partial charge in [0, 0.05) is 37.2 Å². The molecule has 160 valence electrons. The number of hydrogen-bond donors (Lipinski definition) is 1. The quantitative estimate of drug-likeness (QED) is 0.498. The number of nitrogens with zero attached hydrogens (tertiary/aromatic N) is 3. The molecule has 0 spiro atoms. The highest BCUT2D eigenvalue weighted by atomic mass is 32.1. The first-order valence-corrected chi connectivity index (χ1v) is 11.3. The average Bonchev–Trinajstić information content (AvgIpc) is 3.49. The van der Waals surface area contributed by atoms with Crippen molar-refractivity contribution in [3.8, 4) is 10.9 Å². The van der Waals surface area contributed by atoms with Crippen LogP contribution in [0.1, 0.15) is 31.9 Å². The van der Waals surface area contributed by atoms with E-state index in [9.17, 15) is 4.79 Å². The largest absolute Gasteiger partial charge is 0.460 e. The summed E-state index contributed by atoms with van der Waals surface area (Å²) in [6.07, 6.45) is 5.87. The van der Waals surface area contributed by atoms with Crippen LogP contribution in [0.5, 0.6) is 10.9 Å². The summed E-state index contributed by atoms with van der Waals surface area (Å²) < 4.78 is 13.1. The van der Waals surface area contributed by atoms with Crippen molar-refractivity contribution >= 4 is 38.6 Å². The van der Waals surface area contributed by atoms with Gasteiger partial charge in [-0.2, -0.15) is 4.98 Å². The number of aromatic nitrogens is 2. The molecule has 1 aliphatic carbocycles. The van der Waals surface area contributed by atoms with Gasteiger partial charge in [0.25, 0.3) is 5.19 Å². The predicted molar refractivity (Wildman–Crippen MR) is 120 cm³/mol. The molecule has 0 radical (unpaired) electrons. The maximum Gasteiger partial charge on any atom is 0.281 e. The van der Waals surface area contributed by atoms with Crippen molar-refractivity contribution in [2.75, 3.05) is 6.54 Å². The molecule has 2 fully saturated rings. The number of likely N-dealkylation sites (tertiary alicyclic amines) is 1. The standard InChI is InChI=1S/C21H19N3O2S.C2H5NO/c1-2-19-20(22-7-1)23-21(27-19)26-16-6-4-14-9-17(25-18(14)10-16)12-24-11-13-3-5-15(24)8-13;1-2(3)4/h1-2,4,6-7,9-10,13,15H,3,5,8,11-12H2;1H3,(H2,3,4)/t13-,15+;/m0./s1. The molecular weight excluding hydrogens is 412 g/mol. The molecule has 1 saturated carbocycles. The number of ether oxygens (including phenoxy) is 1. The maximum atomic E-state index is 9.22. The van der Waals surface area contributed by atoms with E-state index in [0.717, 1.165) is 51.3 Å². The Morgan fingerprint density at radius 3 is 2.94 bits per heavy atom. The summed E-state index contributed by atoms with van der Waals surface area (Å²) in [5.74, 6) is 2.35. The van der Waals surface area contributed by atoms with Crippen molar-refractivity contribution < 1.29 is 13.9 Å². The van der Waals surface area contributed by atoms with Gasteiger partial charge in [0.15, 0.2) is 5.65 Å². The molecule has 3 aromatic heterocycles. The van der Waals surface area contributed by atoms with E-state index in [1.54, 1.807) is 6.20 Å². The maximum absolute atomic E-state index is 9.22. The molecule has 4 heterocycles. The monoisotopic (exact) mass is 436 g/mol. The number of piperidine rings is 1. The van der Waals surface area contributed by atoms with E-state index in [1.807, 2.05) is 24.3 Å². The lowest BCUT2D eigenvalue weighted by atomic mass is 10.1. The number of thiazole rings is 1. The van der Waals surface area contributed by atoms with E-state index in [-0.39, 0.29) is 5.91 Å². The van der Waals surface area contributed by atoms with Gasteiger partial charge in [0.1, 0.15) is 17.1 Å². The number of fused-ring (bicyclic) bond motifs is 4. The first-order valence-electron chi connectivity index (χ1n) is 10.5. The zero-order chi connectivity index (χ0) is 21.4. The van der Waals surface area contributed by atoms with Crippen molar-refractivity contribution in [3.63, 3.8) is 0 Å². The lowest BCUT2D eigenvalue weighted by Gasteiger charge is -2.25. The van der Waals surface area contributed by atoms with E-state index in [1.165, 1.54) is 44.1 Å². The van der Waals surface area contributed by atoms with Crippen LogP contribution in [-0.4, -0.2) is 33.4 Å². The van der Waals surface area contributed by atoms with Crippen LogP contribution in [0.4, 0.5) is 0 Å². The first-order chi connectivity index (χ1) is 15.0. The number of pyridine rings is 1. The second-order valence-electron chi connectivity index (χ2n) is 8.19. The van der Waals surface area contributed by atoms with Crippen LogP contribution < -0.4 is 10.5 Å². The van der Waals surface area contributed by atoms with Gasteiger partial charge in [0.05, 0.1) is 11.2 Å². The Bertz CT molecular complexity index is 1200. The molecule has 1 aliphatic heterocycles. The Morgan fingerprint density at radius 2 is 2.19 bits per heavy atom. The fourth-order valence-corrected chi connectivity index (χ4v) is 5.32. The van der Waals surface area contributed by atoms with Crippen molar-refractivity contribution in [2.45, 2.75) is 38.8 Å². The van der Waals surface area contributed by atoms with Crippen molar-refractivity contribution in [1.82, 2.24) is 14.9 Å². The molecule has 0 unspecified atom stereocenters. The zero-order valence-electron chi connectivity index (χ0n) is 17.3. The summed E-state index contributed by atoms with van der Waals surface area (Å²) in [6, 6.07) is 12.8. The third kappa shape index (κ3) is 4.40. The van der Waals surface area contributed by atoms with E-state index >= 15 is 0 Å². The highest BCUT2D eigenvalue weighted by Crippen LogP contribution is 2.39. The van der Waals surface area contributed by atoms with Crippen LogP contribution in [0.25, 0.3) is 21.3 Å². The van der Waals surface area contributed by atoms with Crippen LogP contribution in [-0.2, 0) is 11.3 Å². The lowest BCUT2D eigenvalue weighted by Crippen LogP contribution is -2.31. The minimum absolute atomic E-state index is 0.333. The van der Waals surface area contributed by atoms with Gasteiger partial charge in [0.2, 0.25) is 5.91 Å². The van der Waals surface area contributed by atoms with Gasteiger partial charge in [-0.25, -0.2) is 4.98 Å². The molecule has 7 nitrogen and oxygen atoms in total. The Morgan fingerprint density at radius 1 is 1.32 bits per heavy atom. The van der Waals surface area contributed by atoms with Gasteiger partial charge in [-0.15, -0.1) is 0 Å². The molecule has 8 heteroatoms. The highest BCUT2D eigenvalue weighted by molar-refractivity contribution is 7.20. The van der Waals surface area contributed by atoms with E-state index in [4.69, 9.17) is 9.15 Å². The SMILES string of the molecule is CC(N)=O.c1cnc2nc(Oc3ccc4cc(CN5C[C@H]6CC[C@@H]5C6)oc4c3)sc2c1. The number of primary amides is 1. The predicted octanol–water partition coefficient (Wildman–Crippen LogP) is 4.71. The van der Waals surface area contributed by atoms with Crippen LogP contribution >= 0.6 is 11.3 Å². The number of hydrogen-bond acceptors (Lipinski definition) is 7. The molecule has 2 bridgehead atoms. The molecule has 1 saturated heterocycles. The fourth-order valence-electron chi connectivity index (χ4n) is 4.52. The number of benzene rings is 1. The summed E-state index contributed by atoms with van der Waals surface area (Å²) in [4.78, 5) is 20.5. The summed E-state index contributed by atoms with van der Waals surface area (Å²) in [5, 5.41) is 1.72. The normalized spacial score (nSPS) is 20.2. The third-order valence-electron chi connectivity index (χ3n) is 5.77. The van der Waals surface area contributed by atoms with Crippen LogP contribution in [0, 0.1) is 5.92 Å². The van der Waals surface area contributed by atoms with Gasteiger partial charge in [-0.3, -0.25) is 9.69 Å². The van der Waals surface area contributed by atoms with Crippen LogP contribution in [0.15, 0.2) is 47.0 Å². The number of furan rings is 1. The van der Waals surface area contributed by atoms with Crippen LogP contribution in [0.2, 0.25) is 0 Å². The summed E-state index contributed by atoms with van der Waals surface area (Å²) >= 11 is 1.50. The van der Waals surface area contributed by atoms with Gasteiger partial charge >= 0.3 is 0 Å². The number of nitrogens with two attached hydrogens (primary N) is 1. The smallest absolute Gasteiger partial charge is 0.281 e. The second kappa shape index (κ2) is 8.28. The molecule has 2 N–H and O–H groups in total. The third-order valence-corrected chi connectivity index (χ3v) is 6.66. The molecule has 31 heavy (non-hydrogen) atoms. The Labute approximate surface area is 183 Å². The van der Waals surface area contributed by atoms with Gasteiger partial charge < -0.3 is 14.9 Å². The molecular formula is C23H24N4O3S. The van der Waals surface area contributed by atoms with Crippen molar-refractivity contribution in [3.05, 3.63) is 48.4 Å². The van der Waals surface area contributed by atoms with Gasteiger partial charge in [-0.05, 0) is 55.5 Å². The molecule has 1 amide bonds. The Balaban J connectivity index is 0.000000473. The number of rotatable bonds is 4. The molecule has 1 aromatic carbocycles. The minimum Gasteiger partial charge on any atom is -0.460 e. The van der Waals surface area contributed by atoms with E-state index in [2.05, 4.69) is 32.7 Å².